The van der Waals surface area contributed by atoms with E-state index < -0.39 is 0 Å². The molecule has 0 bridgehead atoms. The van der Waals surface area contributed by atoms with E-state index in [0.717, 1.165) is 5.92 Å². The van der Waals surface area contributed by atoms with Crippen molar-refractivity contribution < 1.29 is 0 Å². The summed E-state index contributed by atoms with van der Waals surface area (Å²) in [5.41, 5.74) is 0.570. The Hall–Kier alpha value is -0.120. The van der Waals surface area contributed by atoms with Gasteiger partial charge in [0.15, 0.2) is 0 Å². The van der Waals surface area contributed by atoms with Gasteiger partial charge in [-0.1, -0.05) is 0 Å². The van der Waals surface area contributed by atoms with Gasteiger partial charge >= 0.3 is 0 Å². The first-order chi connectivity index (χ1) is 8.76. The van der Waals surface area contributed by atoms with Gasteiger partial charge in [-0.05, 0) is 58.0 Å². The highest BCUT2D eigenvalue weighted by molar-refractivity contribution is 4.95. The van der Waals surface area contributed by atoms with Gasteiger partial charge in [0.1, 0.15) is 0 Å². The van der Waals surface area contributed by atoms with Gasteiger partial charge in [-0.15, -0.1) is 0 Å². The second kappa shape index (κ2) is 5.48. The zero-order valence-electron chi connectivity index (χ0n) is 12.0. The van der Waals surface area contributed by atoms with Gasteiger partial charge in [0.05, 0.1) is 0 Å². The van der Waals surface area contributed by atoms with Crippen molar-refractivity contribution in [2.45, 2.75) is 44.6 Å². The van der Waals surface area contributed by atoms with Crippen LogP contribution in [-0.4, -0.2) is 61.2 Å². The maximum absolute atomic E-state index is 3.47. The summed E-state index contributed by atoms with van der Waals surface area (Å²) < 4.78 is 0. The smallest absolute Gasteiger partial charge is 0.0182 e. The molecule has 104 valence electrons. The number of rotatable bonds is 3. The van der Waals surface area contributed by atoms with Crippen LogP contribution in [0.25, 0.3) is 0 Å². The molecule has 0 unspecified atom stereocenters. The SMILES string of the molecule is CC1(N2CCN(CC3CCNCC3)CC2)CCC1. The summed E-state index contributed by atoms with van der Waals surface area (Å²) in [5.74, 6) is 0.956. The van der Waals surface area contributed by atoms with E-state index in [1.54, 1.807) is 0 Å². The molecule has 3 fully saturated rings. The summed E-state index contributed by atoms with van der Waals surface area (Å²) >= 11 is 0. The van der Waals surface area contributed by atoms with Crippen molar-refractivity contribution in [2.24, 2.45) is 5.92 Å². The predicted molar refractivity (Wildman–Crippen MR) is 75.9 cm³/mol. The molecule has 1 aliphatic carbocycles. The lowest BCUT2D eigenvalue weighted by Crippen LogP contribution is -2.59. The molecular formula is C15H29N3. The van der Waals surface area contributed by atoms with E-state index >= 15 is 0 Å². The first kappa shape index (κ1) is 12.9. The Morgan fingerprint density at radius 2 is 1.72 bits per heavy atom. The van der Waals surface area contributed by atoms with Crippen LogP contribution in [0.1, 0.15) is 39.0 Å². The van der Waals surface area contributed by atoms with Crippen molar-refractivity contribution in [3.05, 3.63) is 0 Å². The Balaban J connectivity index is 1.42. The quantitative estimate of drug-likeness (QED) is 0.821. The molecule has 3 rings (SSSR count). The first-order valence-electron chi connectivity index (χ1n) is 7.94. The minimum atomic E-state index is 0.570. The van der Waals surface area contributed by atoms with Crippen LogP contribution < -0.4 is 5.32 Å². The molecule has 18 heavy (non-hydrogen) atoms. The molecule has 0 amide bonds. The van der Waals surface area contributed by atoms with Crippen LogP contribution in [-0.2, 0) is 0 Å². The monoisotopic (exact) mass is 251 g/mol. The van der Waals surface area contributed by atoms with Crippen molar-refractivity contribution >= 4 is 0 Å². The number of nitrogens with zero attached hydrogens (tertiary/aromatic N) is 2. The van der Waals surface area contributed by atoms with Crippen LogP contribution >= 0.6 is 0 Å². The molecule has 0 atom stereocenters. The van der Waals surface area contributed by atoms with Gasteiger partial charge in [-0.25, -0.2) is 0 Å². The molecule has 2 saturated heterocycles. The van der Waals surface area contributed by atoms with Crippen molar-refractivity contribution in [1.82, 2.24) is 15.1 Å². The Morgan fingerprint density at radius 3 is 2.28 bits per heavy atom. The lowest BCUT2D eigenvalue weighted by atomic mass is 9.76. The molecule has 0 aromatic carbocycles. The van der Waals surface area contributed by atoms with E-state index in [4.69, 9.17) is 0 Å². The lowest BCUT2D eigenvalue weighted by Gasteiger charge is -2.51. The first-order valence-corrected chi connectivity index (χ1v) is 7.94. The summed E-state index contributed by atoms with van der Waals surface area (Å²) in [6.45, 7) is 11.5. The molecule has 1 saturated carbocycles. The average Bonchev–Trinajstić information content (AvgIpc) is 2.38. The number of hydrogen-bond donors (Lipinski definition) is 1. The van der Waals surface area contributed by atoms with Crippen molar-refractivity contribution in [2.75, 3.05) is 45.8 Å². The third-order valence-electron chi connectivity index (χ3n) is 5.54. The van der Waals surface area contributed by atoms with E-state index in [-0.39, 0.29) is 0 Å². The zero-order chi connectivity index (χ0) is 12.4. The molecule has 0 aromatic heterocycles. The normalized spacial score (nSPS) is 31.2. The van der Waals surface area contributed by atoms with Crippen molar-refractivity contribution in [3.8, 4) is 0 Å². The molecule has 3 heteroatoms. The van der Waals surface area contributed by atoms with Gasteiger partial charge in [0, 0.05) is 38.3 Å². The minimum absolute atomic E-state index is 0.570. The Kier molecular flexibility index (Phi) is 3.92. The number of hydrogen-bond acceptors (Lipinski definition) is 3. The minimum Gasteiger partial charge on any atom is -0.317 e. The molecule has 0 spiro atoms. The molecule has 0 aromatic rings. The Labute approximate surface area is 112 Å². The Bertz CT molecular complexity index is 261. The van der Waals surface area contributed by atoms with E-state index in [2.05, 4.69) is 22.0 Å². The van der Waals surface area contributed by atoms with Gasteiger partial charge in [0.25, 0.3) is 0 Å². The summed E-state index contributed by atoms with van der Waals surface area (Å²) in [5, 5.41) is 3.47. The number of nitrogens with one attached hydrogen (secondary N) is 1. The fourth-order valence-electron chi connectivity index (χ4n) is 3.90. The van der Waals surface area contributed by atoms with Crippen LogP contribution in [0.4, 0.5) is 0 Å². The zero-order valence-corrected chi connectivity index (χ0v) is 12.0. The second-order valence-electron chi connectivity index (χ2n) is 6.83. The highest BCUT2D eigenvalue weighted by Crippen LogP contribution is 2.37. The van der Waals surface area contributed by atoms with Crippen LogP contribution in [0, 0.1) is 5.92 Å². The average molecular weight is 251 g/mol. The topological polar surface area (TPSA) is 18.5 Å². The highest BCUT2D eigenvalue weighted by Gasteiger charge is 2.38. The second-order valence-corrected chi connectivity index (χ2v) is 6.83. The van der Waals surface area contributed by atoms with Gasteiger partial charge < -0.3 is 10.2 Å². The number of piperidine rings is 1. The van der Waals surface area contributed by atoms with Gasteiger partial charge in [-0.2, -0.15) is 0 Å². The predicted octanol–water partition coefficient (Wildman–Crippen LogP) is 1.55. The van der Waals surface area contributed by atoms with Crippen LogP contribution in [0.15, 0.2) is 0 Å². The van der Waals surface area contributed by atoms with Gasteiger partial charge in [0.2, 0.25) is 0 Å². The van der Waals surface area contributed by atoms with Crippen LogP contribution in [0.5, 0.6) is 0 Å². The van der Waals surface area contributed by atoms with Crippen LogP contribution in [0.2, 0.25) is 0 Å². The molecule has 1 N–H and O–H groups in total. The summed E-state index contributed by atoms with van der Waals surface area (Å²) in [4.78, 5) is 5.48. The maximum Gasteiger partial charge on any atom is 0.0182 e. The fourth-order valence-corrected chi connectivity index (χ4v) is 3.90. The summed E-state index contributed by atoms with van der Waals surface area (Å²) in [6, 6.07) is 0. The van der Waals surface area contributed by atoms with E-state index in [0.29, 0.717) is 5.54 Å². The van der Waals surface area contributed by atoms with Crippen molar-refractivity contribution in [1.29, 1.82) is 0 Å². The third kappa shape index (κ3) is 2.73. The van der Waals surface area contributed by atoms with Crippen molar-refractivity contribution in [3.63, 3.8) is 0 Å². The largest absolute Gasteiger partial charge is 0.317 e. The van der Waals surface area contributed by atoms with Crippen LogP contribution in [0.3, 0.4) is 0 Å². The summed E-state index contributed by atoms with van der Waals surface area (Å²) in [6.07, 6.45) is 7.09. The molecule has 2 aliphatic heterocycles. The van der Waals surface area contributed by atoms with E-state index in [1.165, 1.54) is 77.9 Å². The standard InChI is InChI=1S/C15H29N3/c1-15(5-2-6-15)18-11-9-17(10-12-18)13-14-3-7-16-8-4-14/h14,16H,2-13H2,1H3. The highest BCUT2D eigenvalue weighted by atomic mass is 15.3. The van der Waals surface area contributed by atoms with Gasteiger partial charge in [-0.3, -0.25) is 4.90 Å². The third-order valence-corrected chi connectivity index (χ3v) is 5.54. The molecule has 3 aliphatic rings. The van der Waals surface area contributed by atoms with E-state index in [1.807, 2.05) is 0 Å². The maximum atomic E-state index is 3.47. The molecular weight excluding hydrogens is 222 g/mol. The fraction of sp³-hybridized carbons (Fsp3) is 1.00. The molecule has 0 radical (unpaired) electrons. The van der Waals surface area contributed by atoms with E-state index in [9.17, 15) is 0 Å². The summed E-state index contributed by atoms with van der Waals surface area (Å²) in [7, 11) is 0. The lowest BCUT2D eigenvalue weighted by molar-refractivity contribution is -0.00953. The Morgan fingerprint density at radius 1 is 1.06 bits per heavy atom. The number of piperazine rings is 1. The molecule has 2 heterocycles. The molecule has 3 nitrogen and oxygen atoms in total.